The lowest BCUT2D eigenvalue weighted by atomic mass is 10.2. The van der Waals surface area contributed by atoms with E-state index in [1.165, 1.54) is 4.90 Å². The van der Waals surface area contributed by atoms with Crippen LogP contribution in [0.5, 0.6) is 0 Å². The number of rotatable bonds is 4. The predicted octanol–water partition coefficient (Wildman–Crippen LogP) is 2.84. The van der Waals surface area contributed by atoms with Crippen molar-refractivity contribution in [2.45, 2.75) is 6.92 Å². The molecular formula is C17H17ClN4O3. The first-order valence-corrected chi connectivity index (χ1v) is 7.98. The third kappa shape index (κ3) is 3.23. The average molecular weight is 361 g/mol. The van der Waals surface area contributed by atoms with Crippen LogP contribution in [0.15, 0.2) is 34.9 Å². The molecule has 0 spiro atoms. The Kier molecular flexibility index (Phi) is 4.50. The van der Waals surface area contributed by atoms with Gasteiger partial charge < -0.3 is 19.3 Å². The minimum absolute atomic E-state index is 0.136. The lowest BCUT2D eigenvalue weighted by Gasteiger charge is -2.17. The molecule has 0 aliphatic rings. The number of amides is 2. The van der Waals surface area contributed by atoms with Gasteiger partial charge >= 0.3 is 0 Å². The molecule has 0 atom stereocenters. The summed E-state index contributed by atoms with van der Waals surface area (Å²) < 4.78 is 6.62. The Morgan fingerprint density at radius 1 is 1.36 bits per heavy atom. The topological polar surface area (TPSA) is 80.4 Å². The number of aromatic nitrogens is 2. The number of halogens is 1. The molecular weight excluding hydrogens is 344 g/mol. The number of likely N-dealkylation sites (N-methyl/N-ethyl adjacent to an activating group) is 1. The molecule has 0 aliphatic heterocycles. The van der Waals surface area contributed by atoms with Crippen molar-refractivity contribution in [2.75, 3.05) is 18.9 Å². The van der Waals surface area contributed by atoms with Gasteiger partial charge in [0.25, 0.3) is 5.91 Å². The molecule has 3 rings (SSSR count). The van der Waals surface area contributed by atoms with Crippen LogP contribution in [0.25, 0.3) is 10.9 Å². The van der Waals surface area contributed by atoms with Crippen molar-refractivity contribution >= 4 is 40.1 Å². The number of aryl methyl sites for hydroxylation is 2. The Balaban J connectivity index is 1.77. The summed E-state index contributed by atoms with van der Waals surface area (Å²) in [6.45, 7) is 1.59. The second-order valence-corrected chi connectivity index (χ2v) is 6.15. The molecule has 2 heterocycles. The Morgan fingerprint density at radius 3 is 2.72 bits per heavy atom. The number of carbonyl (C=O) groups excluding carboxylic acids is 2. The van der Waals surface area contributed by atoms with E-state index in [-0.39, 0.29) is 18.4 Å². The summed E-state index contributed by atoms with van der Waals surface area (Å²) in [5, 5.41) is 7.44. The zero-order valence-corrected chi connectivity index (χ0v) is 14.8. The van der Waals surface area contributed by atoms with Gasteiger partial charge in [-0.3, -0.25) is 9.59 Å². The van der Waals surface area contributed by atoms with Crippen LogP contribution in [-0.2, 0) is 11.8 Å². The van der Waals surface area contributed by atoms with Crippen molar-refractivity contribution in [1.29, 1.82) is 0 Å². The first-order chi connectivity index (χ1) is 11.9. The van der Waals surface area contributed by atoms with E-state index in [1.54, 1.807) is 31.7 Å². The van der Waals surface area contributed by atoms with Crippen LogP contribution < -0.4 is 5.32 Å². The molecule has 0 radical (unpaired) electrons. The first-order valence-electron chi connectivity index (χ1n) is 7.60. The van der Waals surface area contributed by atoms with E-state index < -0.39 is 0 Å². The van der Waals surface area contributed by atoms with Crippen LogP contribution in [0.1, 0.15) is 16.2 Å². The predicted molar refractivity (Wildman–Crippen MR) is 94.8 cm³/mol. The van der Waals surface area contributed by atoms with Crippen LogP contribution in [0.4, 0.5) is 5.82 Å². The van der Waals surface area contributed by atoms with E-state index in [0.717, 1.165) is 10.9 Å². The van der Waals surface area contributed by atoms with E-state index >= 15 is 0 Å². The number of nitrogens with one attached hydrogen (secondary N) is 1. The van der Waals surface area contributed by atoms with Crippen molar-refractivity contribution in [2.24, 2.45) is 7.05 Å². The molecule has 0 fully saturated rings. The van der Waals surface area contributed by atoms with Gasteiger partial charge in [0.1, 0.15) is 11.5 Å². The second-order valence-electron chi connectivity index (χ2n) is 5.77. The lowest BCUT2D eigenvalue weighted by Crippen LogP contribution is -2.36. The van der Waals surface area contributed by atoms with E-state index in [9.17, 15) is 9.59 Å². The smallest absolute Gasteiger partial charge is 0.272 e. The quantitative estimate of drug-likeness (QED) is 0.775. The maximum Gasteiger partial charge on any atom is 0.272 e. The number of benzene rings is 1. The molecule has 0 unspecified atom stereocenters. The molecule has 8 heteroatoms. The molecule has 1 N–H and O–H groups in total. The zero-order chi connectivity index (χ0) is 18.1. The maximum absolute atomic E-state index is 12.8. The molecule has 0 saturated carbocycles. The SMILES string of the molecule is Cc1cc(NC(=O)CN(C)C(=O)c2c(Cl)c3ccccc3n2C)no1. The van der Waals surface area contributed by atoms with Crippen LogP contribution in [0.2, 0.25) is 5.02 Å². The highest BCUT2D eigenvalue weighted by molar-refractivity contribution is 6.38. The van der Waals surface area contributed by atoms with E-state index in [4.69, 9.17) is 16.1 Å². The van der Waals surface area contributed by atoms with Gasteiger partial charge in [0.05, 0.1) is 11.6 Å². The average Bonchev–Trinajstić information content (AvgIpc) is 3.09. The van der Waals surface area contributed by atoms with Gasteiger partial charge in [0.2, 0.25) is 5.91 Å². The van der Waals surface area contributed by atoms with Crippen molar-refractivity contribution in [3.8, 4) is 0 Å². The molecule has 25 heavy (non-hydrogen) atoms. The summed E-state index contributed by atoms with van der Waals surface area (Å²) in [5.74, 6) is 0.183. The Bertz CT molecular complexity index is 921. The zero-order valence-electron chi connectivity index (χ0n) is 14.0. The van der Waals surface area contributed by atoms with Gasteiger partial charge in [-0.2, -0.15) is 0 Å². The molecule has 0 saturated heterocycles. The Hall–Kier alpha value is -2.80. The number of carbonyl (C=O) groups is 2. The first kappa shape index (κ1) is 17.0. The number of nitrogens with zero attached hydrogens (tertiary/aromatic N) is 3. The van der Waals surface area contributed by atoms with Gasteiger partial charge in [0, 0.05) is 31.1 Å². The Labute approximate surface area is 149 Å². The normalized spacial score (nSPS) is 10.9. The van der Waals surface area contributed by atoms with Gasteiger partial charge in [0.15, 0.2) is 5.82 Å². The molecule has 2 aromatic heterocycles. The van der Waals surface area contributed by atoms with Crippen LogP contribution in [-0.4, -0.2) is 40.0 Å². The summed E-state index contributed by atoms with van der Waals surface area (Å²) in [7, 11) is 3.32. The standard InChI is InChI=1S/C17H17ClN4O3/c1-10-8-13(20-25-10)19-14(23)9-21(2)17(24)16-15(18)11-6-4-5-7-12(11)22(16)3/h4-8H,9H2,1-3H3,(H,19,20,23). The largest absolute Gasteiger partial charge is 0.360 e. The van der Waals surface area contributed by atoms with Crippen molar-refractivity contribution in [3.05, 3.63) is 46.8 Å². The number of hydrogen-bond donors (Lipinski definition) is 1. The van der Waals surface area contributed by atoms with Gasteiger partial charge in [-0.1, -0.05) is 35.0 Å². The monoisotopic (exact) mass is 360 g/mol. The number of para-hydroxylation sites is 1. The molecule has 130 valence electrons. The fraction of sp³-hybridized carbons (Fsp3) is 0.235. The fourth-order valence-corrected chi connectivity index (χ4v) is 3.03. The van der Waals surface area contributed by atoms with E-state index in [0.29, 0.717) is 22.3 Å². The molecule has 3 aromatic rings. The van der Waals surface area contributed by atoms with Crippen molar-refractivity contribution in [3.63, 3.8) is 0 Å². The highest BCUT2D eigenvalue weighted by Crippen LogP contribution is 2.30. The highest BCUT2D eigenvalue weighted by atomic mass is 35.5. The van der Waals surface area contributed by atoms with Crippen LogP contribution >= 0.6 is 11.6 Å². The molecule has 7 nitrogen and oxygen atoms in total. The van der Waals surface area contributed by atoms with Gasteiger partial charge in [-0.25, -0.2) is 0 Å². The van der Waals surface area contributed by atoms with Gasteiger partial charge in [-0.05, 0) is 13.0 Å². The van der Waals surface area contributed by atoms with E-state index in [2.05, 4.69) is 10.5 Å². The number of hydrogen-bond acceptors (Lipinski definition) is 4. The summed E-state index contributed by atoms with van der Waals surface area (Å²) in [4.78, 5) is 26.1. The summed E-state index contributed by atoms with van der Waals surface area (Å²) in [5.41, 5.74) is 1.20. The van der Waals surface area contributed by atoms with Crippen molar-refractivity contribution < 1.29 is 14.1 Å². The fourth-order valence-electron chi connectivity index (χ4n) is 2.66. The summed E-state index contributed by atoms with van der Waals surface area (Å²) >= 11 is 6.38. The van der Waals surface area contributed by atoms with Crippen LogP contribution in [0.3, 0.4) is 0 Å². The minimum atomic E-state index is -0.376. The number of fused-ring (bicyclic) bond motifs is 1. The van der Waals surface area contributed by atoms with Gasteiger partial charge in [-0.15, -0.1) is 0 Å². The number of anilines is 1. The summed E-state index contributed by atoms with van der Waals surface area (Å²) in [6, 6.07) is 9.08. The third-order valence-corrected chi connectivity index (χ3v) is 4.25. The highest BCUT2D eigenvalue weighted by Gasteiger charge is 2.24. The van der Waals surface area contributed by atoms with E-state index in [1.807, 2.05) is 24.3 Å². The minimum Gasteiger partial charge on any atom is -0.360 e. The summed E-state index contributed by atoms with van der Waals surface area (Å²) in [6.07, 6.45) is 0. The molecule has 0 aliphatic carbocycles. The van der Waals surface area contributed by atoms with Crippen LogP contribution in [0, 0.1) is 6.92 Å². The molecule has 2 amide bonds. The maximum atomic E-state index is 12.8. The second kappa shape index (κ2) is 6.60. The lowest BCUT2D eigenvalue weighted by molar-refractivity contribution is -0.116. The van der Waals surface area contributed by atoms with Crippen molar-refractivity contribution in [1.82, 2.24) is 14.6 Å². The third-order valence-electron chi connectivity index (χ3n) is 3.87. The Morgan fingerprint density at radius 2 is 2.08 bits per heavy atom. The molecule has 1 aromatic carbocycles. The molecule has 0 bridgehead atoms.